The first-order chi connectivity index (χ1) is 8.20. The van der Waals surface area contributed by atoms with Gasteiger partial charge in [-0.1, -0.05) is 5.16 Å². The molecule has 0 amide bonds. The van der Waals surface area contributed by atoms with Gasteiger partial charge in [0.1, 0.15) is 23.8 Å². The third-order valence-electron chi connectivity index (χ3n) is 2.44. The monoisotopic (exact) mass is 232 g/mol. The second kappa shape index (κ2) is 4.78. The normalized spacial score (nSPS) is 10.2. The first-order valence-electron chi connectivity index (χ1n) is 5.16. The number of aldehydes is 1. The van der Waals surface area contributed by atoms with E-state index in [0.29, 0.717) is 24.3 Å². The number of ether oxygens (including phenoxy) is 1. The lowest BCUT2D eigenvalue weighted by atomic mass is 10.2. The summed E-state index contributed by atoms with van der Waals surface area (Å²) in [5.74, 6) is 1.36. The molecule has 2 aromatic heterocycles. The van der Waals surface area contributed by atoms with Crippen LogP contribution in [0.15, 0.2) is 22.9 Å². The van der Waals surface area contributed by atoms with Gasteiger partial charge in [-0.15, -0.1) is 0 Å². The zero-order chi connectivity index (χ0) is 12.3. The summed E-state index contributed by atoms with van der Waals surface area (Å²) in [4.78, 5) is 14.3. The maximum Gasteiger partial charge on any atom is 0.168 e. The van der Waals surface area contributed by atoms with E-state index in [0.717, 1.165) is 17.0 Å². The Kier molecular flexibility index (Phi) is 3.18. The van der Waals surface area contributed by atoms with Crippen LogP contribution in [-0.2, 0) is 6.61 Å². The van der Waals surface area contributed by atoms with E-state index in [2.05, 4.69) is 10.1 Å². The van der Waals surface area contributed by atoms with Crippen molar-refractivity contribution in [1.29, 1.82) is 0 Å². The average Bonchev–Trinajstić information content (AvgIpc) is 2.67. The van der Waals surface area contributed by atoms with Gasteiger partial charge in [-0.3, -0.25) is 4.79 Å². The number of hydrogen-bond donors (Lipinski definition) is 0. The zero-order valence-electron chi connectivity index (χ0n) is 9.64. The minimum Gasteiger partial charge on any atom is -0.487 e. The highest BCUT2D eigenvalue weighted by Crippen LogP contribution is 2.16. The lowest BCUT2D eigenvalue weighted by Crippen LogP contribution is -1.98. The van der Waals surface area contributed by atoms with Crippen LogP contribution in [0.5, 0.6) is 5.75 Å². The molecule has 0 saturated heterocycles. The van der Waals surface area contributed by atoms with Crippen molar-refractivity contribution in [2.45, 2.75) is 20.5 Å². The number of carbonyl (C=O) groups is 1. The lowest BCUT2D eigenvalue weighted by molar-refractivity contribution is 0.111. The van der Waals surface area contributed by atoms with Crippen LogP contribution in [0, 0.1) is 13.8 Å². The minimum absolute atomic E-state index is 0.378. The highest BCUT2D eigenvalue weighted by Gasteiger charge is 2.09. The van der Waals surface area contributed by atoms with Gasteiger partial charge >= 0.3 is 0 Å². The molecule has 0 unspecified atom stereocenters. The van der Waals surface area contributed by atoms with Crippen molar-refractivity contribution in [2.75, 3.05) is 0 Å². The number of hydrogen-bond acceptors (Lipinski definition) is 5. The molecule has 0 fully saturated rings. The number of pyridine rings is 1. The van der Waals surface area contributed by atoms with Gasteiger partial charge in [0, 0.05) is 0 Å². The van der Waals surface area contributed by atoms with E-state index in [1.807, 2.05) is 13.8 Å². The van der Waals surface area contributed by atoms with Gasteiger partial charge < -0.3 is 9.26 Å². The number of aromatic nitrogens is 2. The molecule has 2 rings (SSSR count). The first-order valence-corrected chi connectivity index (χ1v) is 5.16. The smallest absolute Gasteiger partial charge is 0.168 e. The van der Waals surface area contributed by atoms with Crippen LogP contribution >= 0.6 is 0 Å². The molecule has 0 aromatic carbocycles. The summed E-state index contributed by atoms with van der Waals surface area (Å²) >= 11 is 0. The van der Waals surface area contributed by atoms with Gasteiger partial charge in [0.15, 0.2) is 6.29 Å². The van der Waals surface area contributed by atoms with Gasteiger partial charge in [0.2, 0.25) is 0 Å². The second-order valence-electron chi connectivity index (χ2n) is 3.63. The van der Waals surface area contributed by atoms with Gasteiger partial charge in [-0.2, -0.15) is 0 Å². The van der Waals surface area contributed by atoms with Gasteiger partial charge in [0.05, 0.1) is 17.5 Å². The Balaban J connectivity index is 2.04. The van der Waals surface area contributed by atoms with Crippen LogP contribution in [0.4, 0.5) is 0 Å². The Hall–Kier alpha value is -2.17. The number of aryl methyl sites for hydroxylation is 2. The molecule has 0 aliphatic heterocycles. The average molecular weight is 232 g/mol. The summed E-state index contributed by atoms with van der Waals surface area (Å²) in [6, 6.07) is 3.31. The SMILES string of the molecule is Cc1noc(C)c1COc1ccc(C=O)nc1. The Morgan fingerprint density at radius 3 is 2.76 bits per heavy atom. The molecule has 0 bridgehead atoms. The maximum absolute atomic E-state index is 10.4. The zero-order valence-corrected chi connectivity index (χ0v) is 9.64. The van der Waals surface area contributed by atoms with E-state index in [-0.39, 0.29) is 0 Å². The quantitative estimate of drug-likeness (QED) is 0.755. The molecule has 0 aliphatic carbocycles. The number of rotatable bonds is 4. The van der Waals surface area contributed by atoms with E-state index in [1.54, 1.807) is 12.1 Å². The first kappa shape index (κ1) is 11.3. The second-order valence-corrected chi connectivity index (χ2v) is 3.63. The molecule has 5 nitrogen and oxygen atoms in total. The molecular weight excluding hydrogens is 220 g/mol. The van der Waals surface area contributed by atoms with E-state index in [1.165, 1.54) is 6.20 Å². The standard InChI is InChI=1S/C12H12N2O3/c1-8-12(9(2)17-14-8)7-16-11-4-3-10(6-15)13-5-11/h3-6H,7H2,1-2H3. The molecule has 0 N–H and O–H groups in total. The predicted octanol–water partition coefficient (Wildman–Crippen LogP) is 2.08. The van der Waals surface area contributed by atoms with Crippen molar-refractivity contribution in [3.63, 3.8) is 0 Å². The molecule has 5 heteroatoms. The third-order valence-corrected chi connectivity index (χ3v) is 2.44. The summed E-state index contributed by atoms with van der Waals surface area (Å²) < 4.78 is 10.6. The summed E-state index contributed by atoms with van der Waals surface area (Å²) in [6.07, 6.45) is 2.21. The van der Waals surface area contributed by atoms with Crippen LogP contribution in [-0.4, -0.2) is 16.4 Å². The van der Waals surface area contributed by atoms with Crippen LogP contribution < -0.4 is 4.74 Å². The molecule has 2 heterocycles. The van der Waals surface area contributed by atoms with Crippen molar-refractivity contribution >= 4 is 6.29 Å². The third kappa shape index (κ3) is 2.50. The molecule has 88 valence electrons. The molecule has 0 saturated carbocycles. The molecule has 0 aliphatic rings. The fraction of sp³-hybridized carbons (Fsp3) is 0.250. The summed E-state index contributed by atoms with van der Waals surface area (Å²) in [5.41, 5.74) is 2.14. The summed E-state index contributed by atoms with van der Waals surface area (Å²) in [5, 5.41) is 3.84. The number of nitrogens with zero attached hydrogens (tertiary/aromatic N) is 2. The van der Waals surface area contributed by atoms with Crippen LogP contribution in [0.2, 0.25) is 0 Å². The Labute approximate surface area is 98.4 Å². The summed E-state index contributed by atoms with van der Waals surface area (Å²) in [6.45, 7) is 4.08. The van der Waals surface area contributed by atoms with E-state index in [4.69, 9.17) is 9.26 Å². The summed E-state index contributed by atoms with van der Waals surface area (Å²) in [7, 11) is 0. The highest BCUT2D eigenvalue weighted by atomic mass is 16.5. The molecule has 17 heavy (non-hydrogen) atoms. The van der Waals surface area contributed by atoms with Crippen LogP contribution in [0.1, 0.15) is 27.5 Å². The number of carbonyl (C=O) groups excluding carboxylic acids is 1. The van der Waals surface area contributed by atoms with Crippen LogP contribution in [0.3, 0.4) is 0 Å². The predicted molar refractivity (Wildman–Crippen MR) is 59.9 cm³/mol. The Morgan fingerprint density at radius 2 is 2.24 bits per heavy atom. The van der Waals surface area contributed by atoms with Gasteiger partial charge in [0.25, 0.3) is 0 Å². The molecule has 0 spiro atoms. The highest BCUT2D eigenvalue weighted by molar-refractivity contribution is 5.71. The van der Waals surface area contributed by atoms with Gasteiger partial charge in [-0.05, 0) is 26.0 Å². The minimum atomic E-state index is 0.378. The molecule has 0 radical (unpaired) electrons. The van der Waals surface area contributed by atoms with Crippen molar-refractivity contribution in [1.82, 2.24) is 10.1 Å². The largest absolute Gasteiger partial charge is 0.487 e. The van der Waals surface area contributed by atoms with E-state index in [9.17, 15) is 4.79 Å². The Morgan fingerprint density at radius 1 is 1.41 bits per heavy atom. The molecular formula is C12H12N2O3. The fourth-order valence-corrected chi connectivity index (χ4v) is 1.41. The van der Waals surface area contributed by atoms with Gasteiger partial charge in [-0.25, -0.2) is 4.98 Å². The van der Waals surface area contributed by atoms with E-state index < -0.39 is 0 Å². The van der Waals surface area contributed by atoms with Crippen molar-refractivity contribution in [3.8, 4) is 5.75 Å². The Bertz CT molecular complexity index is 498. The maximum atomic E-state index is 10.4. The fourth-order valence-electron chi connectivity index (χ4n) is 1.41. The van der Waals surface area contributed by atoms with Crippen molar-refractivity contribution in [2.24, 2.45) is 0 Å². The van der Waals surface area contributed by atoms with E-state index >= 15 is 0 Å². The van der Waals surface area contributed by atoms with Crippen molar-refractivity contribution in [3.05, 3.63) is 41.0 Å². The lowest BCUT2D eigenvalue weighted by Gasteiger charge is -2.04. The van der Waals surface area contributed by atoms with Crippen molar-refractivity contribution < 1.29 is 14.1 Å². The van der Waals surface area contributed by atoms with Crippen LogP contribution in [0.25, 0.3) is 0 Å². The topological polar surface area (TPSA) is 65.2 Å². The molecule has 0 atom stereocenters. The molecule has 2 aromatic rings.